The molecule has 1 atom stereocenters. The molecule has 0 rings (SSSR count). The van der Waals surface area contributed by atoms with Crippen LogP contribution in [0.3, 0.4) is 0 Å². The van der Waals surface area contributed by atoms with Crippen LogP contribution in [-0.2, 0) is 4.79 Å². The minimum atomic E-state index is -1.26. The number of carbonyl (C=O) groups is 2. The number of carbonyl (C=O) groups excluding carboxylic acids is 1. The van der Waals surface area contributed by atoms with Crippen molar-refractivity contribution in [2.45, 2.75) is 38.8 Å². The Morgan fingerprint density at radius 2 is 1.94 bits per heavy atom. The highest BCUT2D eigenvalue weighted by atomic mass is 16.4. The molecular formula is C10H20N2O4. The zero-order valence-electron chi connectivity index (χ0n) is 10.1. The monoisotopic (exact) mass is 232 g/mol. The number of aliphatic carboxylic acids is 1. The Morgan fingerprint density at radius 1 is 1.44 bits per heavy atom. The molecule has 6 nitrogen and oxygen atoms in total. The first-order chi connectivity index (χ1) is 7.26. The van der Waals surface area contributed by atoms with E-state index in [9.17, 15) is 9.59 Å². The Balaban J connectivity index is 4.52. The average molecular weight is 232 g/mol. The van der Waals surface area contributed by atoms with Crippen LogP contribution < -0.4 is 5.32 Å². The quantitative estimate of drug-likeness (QED) is 0.634. The van der Waals surface area contributed by atoms with Crippen LogP contribution in [-0.4, -0.2) is 52.3 Å². The molecule has 0 aliphatic carbocycles. The van der Waals surface area contributed by atoms with E-state index in [1.54, 1.807) is 7.05 Å². The number of nitrogens with one attached hydrogen (secondary N) is 1. The van der Waals surface area contributed by atoms with E-state index in [2.05, 4.69) is 5.32 Å². The van der Waals surface area contributed by atoms with Gasteiger partial charge >= 0.3 is 12.0 Å². The fourth-order valence-corrected chi connectivity index (χ4v) is 0.943. The van der Waals surface area contributed by atoms with Gasteiger partial charge in [-0.3, -0.25) is 0 Å². The molecule has 0 saturated carbocycles. The molecule has 0 aromatic rings. The molecule has 0 heterocycles. The third-order valence-corrected chi connectivity index (χ3v) is 2.86. The maximum atomic E-state index is 11.7. The number of hydrogen-bond acceptors (Lipinski definition) is 3. The molecule has 0 aliphatic rings. The van der Waals surface area contributed by atoms with Crippen molar-refractivity contribution in [3.8, 4) is 0 Å². The fraction of sp³-hybridized carbons (Fsp3) is 0.800. The number of aliphatic hydroxyl groups is 1. The van der Waals surface area contributed by atoms with Crippen molar-refractivity contribution < 1.29 is 19.8 Å². The number of aliphatic hydroxyl groups excluding tert-OH is 1. The van der Waals surface area contributed by atoms with Gasteiger partial charge in [-0.2, -0.15) is 0 Å². The number of carboxylic acid groups (broad SMARTS) is 1. The van der Waals surface area contributed by atoms with Gasteiger partial charge in [0.1, 0.15) is 0 Å². The lowest BCUT2D eigenvalue weighted by atomic mass is 10.0. The molecule has 0 fully saturated rings. The molecule has 0 bridgehead atoms. The highest BCUT2D eigenvalue weighted by Gasteiger charge is 2.28. The van der Waals surface area contributed by atoms with Crippen LogP contribution in [0.2, 0.25) is 0 Å². The molecule has 0 spiro atoms. The second kappa shape index (κ2) is 5.69. The van der Waals surface area contributed by atoms with Gasteiger partial charge in [0, 0.05) is 12.6 Å². The number of hydrogen-bond donors (Lipinski definition) is 3. The SMILES string of the molecule is CCC(C)(C)N(C)C(=O)N[C@H](CO)C(=O)O. The van der Waals surface area contributed by atoms with E-state index in [-0.39, 0.29) is 5.54 Å². The average Bonchev–Trinajstić information content (AvgIpc) is 2.23. The lowest BCUT2D eigenvalue weighted by molar-refractivity contribution is -0.140. The van der Waals surface area contributed by atoms with Crippen LogP contribution >= 0.6 is 0 Å². The summed E-state index contributed by atoms with van der Waals surface area (Å²) in [5.74, 6) is -1.25. The Hall–Kier alpha value is -1.30. The number of carboxylic acids is 1. The van der Waals surface area contributed by atoms with Crippen LogP contribution in [0.1, 0.15) is 27.2 Å². The van der Waals surface area contributed by atoms with Gasteiger partial charge in [0.2, 0.25) is 0 Å². The lowest BCUT2D eigenvalue weighted by Crippen LogP contribution is -2.54. The zero-order valence-corrected chi connectivity index (χ0v) is 10.1. The summed E-state index contributed by atoms with van der Waals surface area (Å²) in [6.45, 7) is 5.06. The second-order valence-corrected chi connectivity index (χ2v) is 4.25. The Kier molecular flexibility index (Phi) is 5.23. The van der Waals surface area contributed by atoms with E-state index < -0.39 is 24.6 Å². The molecule has 0 aromatic heterocycles. The van der Waals surface area contributed by atoms with Crippen LogP contribution in [0.5, 0.6) is 0 Å². The molecule has 2 amide bonds. The van der Waals surface area contributed by atoms with Gasteiger partial charge in [-0.15, -0.1) is 0 Å². The fourth-order valence-electron chi connectivity index (χ4n) is 0.943. The first-order valence-corrected chi connectivity index (χ1v) is 5.14. The normalized spacial score (nSPS) is 13.1. The third-order valence-electron chi connectivity index (χ3n) is 2.86. The maximum absolute atomic E-state index is 11.7. The van der Waals surface area contributed by atoms with Crippen molar-refractivity contribution in [3.05, 3.63) is 0 Å². The zero-order chi connectivity index (χ0) is 12.9. The second-order valence-electron chi connectivity index (χ2n) is 4.25. The van der Waals surface area contributed by atoms with Crippen molar-refractivity contribution >= 4 is 12.0 Å². The van der Waals surface area contributed by atoms with E-state index in [0.29, 0.717) is 0 Å². The highest BCUT2D eigenvalue weighted by Crippen LogP contribution is 2.16. The van der Waals surface area contributed by atoms with E-state index in [4.69, 9.17) is 10.2 Å². The van der Waals surface area contributed by atoms with Crippen molar-refractivity contribution in [3.63, 3.8) is 0 Å². The van der Waals surface area contributed by atoms with Crippen molar-refractivity contribution in [1.29, 1.82) is 0 Å². The molecule has 0 saturated heterocycles. The summed E-state index contributed by atoms with van der Waals surface area (Å²) in [5.41, 5.74) is -0.359. The first kappa shape index (κ1) is 14.7. The molecule has 0 aliphatic heterocycles. The summed E-state index contributed by atoms with van der Waals surface area (Å²) in [6, 6.07) is -1.77. The predicted octanol–water partition coefficient (Wildman–Crippen LogP) is 0.262. The molecule has 0 aromatic carbocycles. The molecule has 0 unspecified atom stereocenters. The number of rotatable bonds is 5. The Morgan fingerprint density at radius 3 is 2.25 bits per heavy atom. The van der Waals surface area contributed by atoms with Crippen molar-refractivity contribution in [2.24, 2.45) is 0 Å². The third kappa shape index (κ3) is 3.69. The van der Waals surface area contributed by atoms with Crippen LogP contribution in [0.4, 0.5) is 4.79 Å². The molecule has 6 heteroatoms. The summed E-state index contributed by atoms with van der Waals surface area (Å²) in [6.07, 6.45) is 0.744. The molecule has 94 valence electrons. The van der Waals surface area contributed by atoms with Crippen LogP contribution in [0, 0.1) is 0 Å². The van der Waals surface area contributed by atoms with Gasteiger partial charge in [0.25, 0.3) is 0 Å². The lowest BCUT2D eigenvalue weighted by Gasteiger charge is -2.35. The summed E-state index contributed by atoms with van der Waals surface area (Å²) >= 11 is 0. The van der Waals surface area contributed by atoms with E-state index >= 15 is 0 Å². The van der Waals surface area contributed by atoms with E-state index in [1.807, 2.05) is 20.8 Å². The van der Waals surface area contributed by atoms with E-state index in [0.717, 1.165) is 6.42 Å². The Bertz CT molecular complexity index is 266. The molecule has 0 radical (unpaired) electrons. The highest BCUT2D eigenvalue weighted by molar-refractivity contribution is 5.82. The van der Waals surface area contributed by atoms with Crippen molar-refractivity contribution in [2.75, 3.05) is 13.7 Å². The molecule has 16 heavy (non-hydrogen) atoms. The van der Waals surface area contributed by atoms with Gasteiger partial charge in [0.15, 0.2) is 6.04 Å². The number of nitrogens with zero attached hydrogens (tertiary/aromatic N) is 1. The molecular weight excluding hydrogens is 212 g/mol. The number of amides is 2. The summed E-state index contributed by atoms with van der Waals surface area (Å²) < 4.78 is 0. The number of urea groups is 1. The van der Waals surface area contributed by atoms with Gasteiger partial charge in [0.05, 0.1) is 6.61 Å². The van der Waals surface area contributed by atoms with E-state index in [1.165, 1.54) is 4.90 Å². The summed E-state index contributed by atoms with van der Waals surface area (Å²) in [4.78, 5) is 23.7. The largest absolute Gasteiger partial charge is 0.480 e. The minimum absolute atomic E-state index is 0.359. The summed E-state index contributed by atoms with van der Waals surface area (Å²) in [5, 5.41) is 19.7. The first-order valence-electron chi connectivity index (χ1n) is 5.14. The van der Waals surface area contributed by atoms with Gasteiger partial charge in [-0.25, -0.2) is 9.59 Å². The van der Waals surface area contributed by atoms with Gasteiger partial charge in [-0.05, 0) is 20.3 Å². The van der Waals surface area contributed by atoms with Crippen LogP contribution in [0.25, 0.3) is 0 Å². The van der Waals surface area contributed by atoms with Gasteiger partial charge < -0.3 is 20.4 Å². The van der Waals surface area contributed by atoms with Crippen LogP contribution in [0.15, 0.2) is 0 Å². The smallest absolute Gasteiger partial charge is 0.328 e. The van der Waals surface area contributed by atoms with Crippen molar-refractivity contribution in [1.82, 2.24) is 10.2 Å². The van der Waals surface area contributed by atoms with Gasteiger partial charge in [-0.1, -0.05) is 6.92 Å². The topological polar surface area (TPSA) is 89.9 Å². The summed E-state index contributed by atoms with van der Waals surface area (Å²) in [7, 11) is 1.59. The maximum Gasteiger partial charge on any atom is 0.328 e. The molecule has 3 N–H and O–H groups in total. The minimum Gasteiger partial charge on any atom is -0.480 e. The Labute approximate surface area is 95.2 Å². The standard InChI is InChI=1S/C10H20N2O4/c1-5-10(2,3)12(4)9(16)11-7(6-13)8(14)15/h7,13H,5-6H2,1-4H3,(H,11,16)(H,14,15)/t7-/m1/s1. The predicted molar refractivity (Wildman–Crippen MR) is 59.2 cm³/mol.